The Morgan fingerprint density at radius 3 is 2.55 bits per heavy atom. The molecule has 0 radical (unpaired) electrons. The molecule has 29 heavy (non-hydrogen) atoms. The number of aliphatic hydroxyl groups is 1. The zero-order valence-corrected chi connectivity index (χ0v) is 17.6. The molecule has 0 saturated carbocycles. The summed E-state index contributed by atoms with van der Waals surface area (Å²) in [6.07, 6.45) is 1.91. The number of aromatic nitrogens is 2. The van der Waals surface area contributed by atoms with Crippen LogP contribution in [0.3, 0.4) is 0 Å². The zero-order valence-electron chi connectivity index (χ0n) is 16.1. The molecule has 0 spiro atoms. The van der Waals surface area contributed by atoms with Crippen molar-refractivity contribution in [1.82, 2.24) is 9.13 Å². The zero-order chi connectivity index (χ0) is 21.1. The lowest BCUT2D eigenvalue weighted by molar-refractivity contribution is 0.0902. The second kappa shape index (κ2) is 9.11. The normalized spacial score (nSPS) is 15.4. The van der Waals surface area contributed by atoms with Crippen LogP contribution in [0.1, 0.15) is 19.3 Å². The molecule has 3 rings (SSSR count). The highest BCUT2D eigenvalue weighted by atomic mass is 35.5. The van der Waals surface area contributed by atoms with Crippen LogP contribution in [-0.2, 0) is 13.6 Å². The SMILES string of the molecule is Cn1c(N)c(N2CCCCC2)c(=O)n(CC(O)COc2ccc(Cl)cc2Cl)c1=O. The van der Waals surface area contributed by atoms with Gasteiger partial charge in [-0.3, -0.25) is 13.9 Å². The van der Waals surface area contributed by atoms with Crippen molar-refractivity contribution >= 4 is 34.7 Å². The van der Waals surface area contributed by atoms with Crippen LogP contribution >= 0.6 is 23.2 Å². The average molecular weight is 443 g/mol. The lowest BCUT2D eigenvalue weighted by atomic mass is 10.1. The molecule has 2 heterocycles. The van der Waals surface area contributed by atoms with E-state index in [0.717, 1.165) is 23.8 Å². The third kappa shape index (κ3) is 4.71. The van der Waals surface area contributed by atoms with Gasteiger partial charge >= 0.3 is 5.69 Å². The van der Waals surface area contributed by atoms with Crippen LogP contribution in [0.2, 0.25) is 10.0 Å². The number of nitrogen functional groups attached to an aromatic ring is 1. The number of anilines is 2. The number of nitrogens with two attached hydrogens (primary N) is 1. The molecule has 1 unspecified atom stereocenters. The van der Waals surface area contributed by atoms with Gasteiger partial charge in [0.05, 0.1) is 11.6 Å². The van der Waals surface area contributed by atoms with Crippen LogP contribution in [0.25, 0.3) is 0 Å². The van der Waals surface area contributed by atoms with Gasteiger partial charge in [-0.05, 0) is 37.5 Å². The molecular weight excluding hydrogens is 419 g/mol. The fourth-order valence-electron chi connectivity index (χ4n) is 3.38. The standard InChI is InChI=1S/C19H24Cl2N4O4/c1-23-17(22)16(24-7-3-2-4-8-24)18(27)25(19(23)28)10-13(26)11-29-15-6-5-12(20)9-14(15)21/h5-6,9,13,26H,2-4,7-8,10-11,22H2,1H3. The molecule has 1 atom stereocenters. The van der Waals surface area contributed by atoms with Crippen LogP contribution in [0, 0.1) is 0 Å². The molecular formula is C19H24Cl2N4O4. The van der Waals surface area contributed by atoms with Crippen LogP contribution in [0.15, 0.2) is 27.8 Å². The molecule has 0 amide bonds. The van der Waals surface area contributed by atoms with Crippen molar-refractivity contribution in [2.45, 2.75) is 31.9 Å². The molecule has 8 nitrogen and oxygen atoms in total. The van der Waals surface area contributed by atoms with E-state index in [9.17, 15) is 14.7 Å². The van der Waals surface area contributed by atoms with E-state index in [1.165, 1.54) is 17.7 Å². The second-order valence-electron chi connectivity index (χ2n) is 7.08. The minimum atomic E-state index is -1.11. The van der Waals surface area contributed by atoms with Gasteiger partial charge in [0.1, 0.15) is 30.0 Å². The van der Waals surface area contributed by atoms with Gasteiger partial charge in [0.15, 0.2) is 0 Å². The first kappa shape index (κ1) is 21.5. The van der Waals surface area contributed by atoms with E-state index in [4.69, 9.17) is 33.7 Å². The first-order valence-electron chi connectivity index (χ1n) is 9.39. The Balaban J connectivity index is 1.81. The summed E-state index contributed by atoms with van der Waals surface area (Å²) in [7, 11) is 1.51. The van der Waals surface area contributed by atoms with Gasteiger partial charge < -0.3 is 20.5 Å². The Morgan fingerprint density at radius 2 is 1.90 bits per heavy atom. The van der Waals surface area contributed by atoms with Gasteiger partial charge in [0, 0.05) is 25.2 Å². The van der Waals surface area contributed by atoms with Crippen molar-refractivity contribution in [3.05, 3.63) is 49.1 Å². The minimum absolute atomic E-state index is 0.136. The molecule has 0 aliphatic carbocycles. The smallest absolute Gasteiger partial charge is 0.332 e. The number of aliphatic hydroxyl groups excluding tert-OH is 1. The second-order valence-corrected chi connectivity index (χ2v) is 7.92. The monoisotopic (exact) mass is 442 g/mol. The molecule has 1 aromatic carbocycles. The van der Waals surface area contributed by atoms with Crippen molar-refractivity contribution in [1.29, 1.82) is 0 Å². The van der Waals surface area contributed by atoms with Gasteiger partial charge in [-0.2, -0.15) is 0 Å². The third-order valence-corrected chi connectivity index (χ3v) is 5.49. The molecule has 1 aliphatic rings. The van der Waals surface area contributed by atoms with E-state index in [-0.39, 0.29) is 19.0 Å². The molecule has 1 aromatic heterocycles. The Bertz CT molecular complexity index is 999. The molecule has 2 aromatic rings. The van der Waals surface area contributed by atoms with Crippen molar-refractivity contribution in [3.63, 3.8) is 0 Å². The van der Waals surface area contributed by atoms with E-state index >= 15 is 0 Å². The van der Waals surface area contributed by atoms with Crippen molar-refractivity contribution in [2.75, 3.05) is 30.3 Å². The fraction of sp³-hybridized carbons (Fsp3) is 0.474. The Labute approximate surface area is 178 Å². The Hall–Kier alpha value is -2.16. The molecule has 1 fully saturated rings. The van der Waals surface area contributed by atoms with Crippen LogP contribution in [0.4, 0.5) is 11.5 Å². The van der Waals surface area contributed by atoms with Gasteiger partial charge in [-0.25, -0.2) is 4.79 Å². The number of halogens is 2. The van der Waals surface area contributed by atoms with E-state index in [1.54, 1.807) is 12.1 Å². The fourth-order valence-corrected chi connectivity index (χ4v) is 3.85. The lowest BCUT2D eigenvalue weighted by Gasteiger charge is -2.30. The molecule has 1 saturated heterocycles. The summed E-state index contributed by atoms with van der Waals surface area (Å²) in [6.45, 7) is 1.04. The van der Waals surface area contributed by atoms with Gasteiger partial charge in [0.25, 0.3) is 5.56 Å². The van der Waals surface area contributed by atoms with E-state index in [0.29, 0.717) is 34.6 Å². The predicted molar refractivity (Wildman–Crippen MR) is 114 cm³/mol. The maximum Gasteiger partial charge on any atom is 0.332 e. The van der Waals surface area contributed by atoms with Crippen molar-refractivity contribution in [3.8, 4) is 5.75 Å². The van der Waals surface area contributed by atoms with E-state index < -0.39 is 17.4 Å². The first-order valence-corrected chi connectivity index (χ1v) is 10.2. The largest absolute Gasteiger partial charge is 0.489 e. The summed E-state index contributed by atoms with van der Waals surface area (Å²) in [6, 6.07) is 4.72. The highest BCUT2D eigenvalue weighted by Crippen LogP contribution is 2.27. The summed E-state index contributed by atoms with van der Waals surface area (Å²) in [4.78, 5) is 27.5. The number of piperidine rings is 1. The molecule has 1 aliphatic heterocycles. The van der Waals surface area contributed by atoms with Gasteiger partial charge in [0.2, 0.25) is 0 Å². The number of hydrogen-bond donors (Lipinski definition) is 2. The lowest BCUT2D eigenvalue weighted by Crippen LogP contribution is -2.47. The Kier molecular flexibility index (Phi) is 6.77. The maximum atomic E-state index is 13.0. The first-order chi connectivity index (χ1) is 13.8. The predicted octanol–water partition coefficient (Wildman–Crippen LogP) is 1.87. The van der Waals surface area contributed by atoms with Crippen LogP contribution in [-0.4, -0.2) is 40.0 Å². The molecule has 158 valence electrons. The molecule has 0 bridgehead atoms. The van der Waals surface area contributed by atoms with Gasteiger partial charge in [-0.1, -0.05) is 23.2 Å². The molecule has 3 N–H and O–H groups in total. The minimum Gasteiger partial charge on any atom is -0.489 e. The highest BCUT2D eigenvalue weighted by molar-refractivity contribution is 6.35. The number of nitrogens with zero attached hydrogens (tertiary/aromatic N) is 3. The third-order valence-electron chi connectivity index (χ3n) is 4.96. The number of ether oxygens (including phenoxy) is 1. The number of rotatable bonds is 6. The van der Waals surface area contributed by atoms with E-state index in [1.807, 2.05) is 4.90 Å². The summed E-state index contributed by atoms with van der Waals surface area (Å²) >= 11 is 11.9. The summed E-state index contributed by atoms with van der Waals surface area (Å²) < 4.78 is 7.74. The summed E-state index contributed by atoms with van der Waals surface area (Å²) in [5.74, 6) is 0.485. The van der Waals surface area contributed by atoms with Crippen LogP contribution < -0.4 is 26.6 Å². The Morgan fingerprint density at radius 1 is 1.21 bits per heavy atom. The van der Waals surface area contributed by atoms with Crippen molar-refractivity contribution < 1.29 is 9.84 Å². The summed E-state index contributed by atoms with van der Waals surface area (Å²) in [5.41, 5.74) is 5.29. The topological polar surface area (TPSA) is 103 Å². The maximum absolute atomic E-state index is 13.0. The van der Waals surface area contributed by atoms with E-state index in [2.05, 4.69) is 0 Å². The van der Waals surface area contributed by atoms with Crippen LogP contribution in [0.5, 0.6) is 5.75 Å². The summed E-state index contributed by atoms with van der Waals surface area (Å²) in [5, 5.41) is 11.1. The average Bonchev–Trinajstić information content (AvgIpc) is 2.70. The number of hydrogen-bond acceptors (Lipinski definition) is 6. The highest BCUT2D eigenvalue weighted by Gasteiger charge is 2.23. The van der Waals surface area contributed by atoms with Gasteiger partial charge in [-0.15, -0.1) is 0 Å². The molecule has 10 heteroatoms. The quantitative estimate of drug-likeness (QED) is 0.707. The van der Waals surface area contributed by atoms with Crippen molar-refractivity contribution in [2.24, 2.45) is 7.05 Å². The number of benzene rings is 1.